The lowest BCUT2D eigenvalue weighted by Crippen LogP contribution is -2.29. The molecule has 36 heavy (non-hydrogen) atoms. The van der Waals surface area contributed by atoms with E-state index in [1.807, 2.05) is 52.0 Å². The topological polar surface area (TPSA) is 76.1 Å². The number of halogens is 1. The predicted molar refractivity (Wildman–Crippen MR) is 141 cm³/mol. The van der Waals surface area contributed by atoms with Gasteiger partial charge in [0.2, 0.25) is 0 Å². The third kappa shape index (κ3) is 4.82. The van der Waals surface area contributed by atoms with Crippen molar-refractivity contribution in [2.24, 2.45) is 0 Å². The van der Waals surface area contributed by atoms with Crippen LogP contribution in [0.3, 0.4) is 0 Å². The van der Waals surface area contributed by atoms with Gasteiger partial charge in [0.05, 0.1) is 29.9 Å². The molecule has 1 fully saturated rings. The zero-order valence-electron chi connectivity index (χ0n) is 20.8. The molecular weight excluding hydrogens is 478 g/mol. The number of nitrogens with zero attached hydrogens (tertiary/aromatic N) is 1. The fourth-order valence-electron chi connectivity index (χ4n) is 4.49. The molecule has 0 saturated carbocycles. The number of benzene rings is 3. The number of hydrogen-bond acceptors (Lipinski definition) is 5. The van der Waals surface area contributed by atoms with E-state index in [2.05, 4.69) is 0 Å². The number of amides is 1. The van der Waals surface area contributed by atoms with Gasteiger partial charge in [-0.25, -0.2) is 0 Å². The lowest BCUT2D eigenvalue weighted by molar-refractivity contribution is -0.132. The van der Waals surface area contributed by atoms with E-state index in [-0.39, 0.29) is 28.0 Å². The van der Waals surface area contributed by atoms with Crippen molar-refractivity contribution in [3.05, 3.63) is 93.5 Å². The molecule has 1 unspecified atom stereocenters. The highest BCUT2D eigenvalue weighted by Crippen LogP contribution is 2.44. The van der Waals surface area contributed by atoms with Crippen LogP contribution in [-0.4, -0.2) is 30.0 Å². The number of aliphatic hydroxyl groups excluding tert-OH is 1. The van der Waals surface area contributed by atoms with Gasteiger partial charge in [0.25, 0.3) is 11.7 Å². The van der Waals surface area contributed by atoms with Crippen LogP contribution >= 0.6 is 11.6 Å². The molecule has 1 atom stereocenters. The van der Waals surface area contributed by atoms with Gasteiger partial charge in [0.1, 0.15) is 17.3 Å². The lowest BCUT2D eigenvalue weighted by Gasteiger charge is -2.26. The van der Waals surface area contributed by atoms with Crippen LogP contribution in [0.5, 0.6) is 11.5 Å². The van der Waals surface area contributed by atoms with E-state index in [0.717, 1.165) is 11.1 Å². The maximum atomic E-state index is 13.5. The van der Waals surface area contributed by atoms with Gasteiger partial charge in [-0.05, 0) is 86.8 Å². The lowest BCUT2D eigenvalue weighted by atomic mass is 9.94. The highest BCUT2D eigenvalue weighted by Gasteiger charge is 2.47. The minimum Gasteiger partial charge on any atom is -0.507 e. The number of hydrogen-bond donors (Lipinski definition) is 1. The Morgan fingerprint density at radius 3 is 2.31 bits per heavy atom. The average Bonchev–Trinajstić information content (AvgIpc) is 3.08. The quantitative estimate of drug-likeness (QED) is 0.239. The molecule has 6 nitrogen and oxygen atoms in total. The number of ketones is 1. The molecule has 3 aromatic rings. The Morgan fingerprint density at radius 2 is 1.67 bits per heavy atom. The molecule has 0 aromatic heterocycles. The Bertz CT molecular complexity index is 1360. The maximum absolute atomic E-state index is 13.5. The number of methoxy groups -OCH3 is 1. The van der Waals surface area contributed by atoms with Crippen LogP contribution in [0.4, 0.5) is 5.69 Å². The van der Waals surface area contributed by atoms with Gasteiger partial charge in [-0.2, -0.15) is 0 Å². The van der Waals surface area contributed by atoms with Crippen molar-refractivity contribution in [2.75, 3.05) is 12.0 Å². The Balaban J connectivity index is 1.99. The Hall–Kier alpha value is -3.77. The van der Waals surface area contributed by atoms with Gasteiger partial charge < -0.3 is 14.6 Å². The smallest absolute Gasteiger partial charge is 0.300 e. The zero-order valence-corrected chi connectivity index (χ0v) is 21.6. The first-order valence-corrected chi connectivity index (χ1v) is 12.0. The highest BCUT2D eigenvalue weighted by molar-refractivity contribution is 6.52. The van der Waals surface area contributed by atoms with Crippen LogP contribution in [0.1, 0.15) is 42.1 Å². The van der Waals surface area contributed by atoms with Crippen LogP contribution in [0.15, 0.2) is 66.2 Å². The molecule has 1 amide bonds. The molecule has 1 aliphatic rings. The third-order valence-corrected chi connectivity index (χ3v) is 6.23. The summed E-state index contributed by atoms with van der Waals surface area (Å²) in [6.45, 7) is 7.68. The van der Waals surface area contributed by atoms with Gasteiger partial charge in [0.15, 0.2) is 0 Å². The molecule has 0 spiro atoms. The van der Waals surface area contributed by atoms with Gasteiger partial charge in [-0.1, -0.05) is 29.8 Å². The van der Waals surface area contributed by atoms with Crippen molar-refractivity contribution in [3.63, 3.8) is 0 Å². The molecule has 1 saturated heterocycles. The van der Waals surface area contributed by atoms with E-state index in [9.17, 15) is 14.7 Å². The summed E-state index contributed by atoms with van der Waals surface area (Å²) >= 11 is 6.40. The van der Waals surface area contributed by atoms with Gasteiger partial charge in [-0.15, -0.1) is 0 Å². The van der Waals surface area contributed by atoms with Gasteiger partial charge in [0, 0.05) is 11.3 Å². The minimum absolute atomic E-state index is 0.0593. The number of aliphatic hydroxyl groups is 1. The van der Waals surface area contributed by atoms with E-state index in [1.165, 1.54) is 18.1 Å². The fraction of sp³-hybridized carbons (Fsp3) is 0.241. The number of Topliss-reactive ketones (excluding diaryl/α,β-unsaturated/α-hetero) is 1. The molecular formula is C29H28ClNO5. The normalized spacial score (nSPS) is 17.1. The molecule has 3 aromatic carbocycles. The average molecular weight is 506 g/mol. The van der Waals surface area contributed by atoms with Crippen molar-refractivity contribution in [3.8, 4) is 11.5 Å². The Morgan fingerprint density at radius 1 is 0.972 bits per heavy atom. The van der Waals surface area contributed by atoms with Crippen molar-refractivity contribution in [2.45, 2.75) is 39.8 Å². The zero-order chi connectivity index (χ0) is 26.1. The standard InChI is InChI=1S/C29H28ClNO5/c1-16(2)36-22-8-6-7-19(14-22)26-25(27(32)23-15-21(35-5)9-10-24(23)30)28(33)29(34)31(26)20-12-17(3)11-18(4)13-20/h6-16,26,32H,1-5H3/b27-25+. The summed E-state index contributed by atoms with van der Waals surface area (Å²) in [6.07, 6.45) is -0.0679. The summed E-state index contributed by atoms with van der Waals surface area (Å²) in [7, 11) is 1.49. The molecule has 0 aliphatic carbocycles. The van der Waals surface area contributed by atoms with Crippen LogP contribution < -0.4 is 14.4 Å². The van der Waals surface area contributed by atoms with Crippen molar-refractivity contribution >= 4 is 34.7 Å². The van der Waals surface area contributed by atoms with E-state index < -0.39 is 17.7 Å². The predicted octanol–water partition coefficient (Wildman–Crippen LogP) is 6.38. The summed E-state index contributed by atoms with van der Waals surface area (Å²) in [5.74, 6) is -0.864. The molecule has 1 N–H and O–H groups in total. The van der Waals surface area contributed by atoms with Gasteiger partial charge >= 0.3 is 0 Å². The second-order valence-corrected chi connectivity index (χ2v) is 9.51. The number of aryl methyl sites for hydroxylation is 2. The first kappa shape index (κ1) is 25.3. The molecule has 0 radical (unpaired) electrons. The van der Waals surface area contributed by atoms with Crippen LogP contribution in [0.2, 0.25) is 5.02 Å². The Kier molecular flexibility index (Phi) is 7.09. The first-order valence-electron chi connectivity index (χ1n) is 11.6. The molecule has 7 heteroatoms. The van der Waals surface area contributed by atoms with E-state index in [1.54, 1.807) is 30.3 Å². The molecule has 1 heterocycles. The van der Waals surface area contributed by atoms with E-state index in [0.29, 0.717) is 22.7 Å². The SMILES string of the molecule is COc1ccc(Cl)c(/C(O)=C2\C(=O)C(=O)N(c3cc(C)cc(C)c3)C2c2cccc(OC(C)C)c2)c1. The van der Waals surface area contributed by atoms with E-state index >= 15 is 0 Å². The van der Waals surface area contributed by atoms with E-state index in [4.69, 9.17) is 21.1 Å². The van der Waals surface area contributed by atoms with Crippen LogP contribution in [0, 0.1) is 13.8 Å². The Labute approximate surface area is 215 Å². The minimum atomic E-state index is -0.899. The largest absolute Gasteiger partial charge is 0.507 e. The third-order valence-electron chi connectivity index (χ3n) is 5.90. The first-order chi connectivity index (χ1) is 17.1. The summed E-state index contributed by atoms with van der Waals surface area (Å²) in [6, 6.07) is 16.7. The summed E-state index contributed by atoms with van der Waals surface area (Å²) in [4.78, 5) is 28.4. The van der Waals surface area contributed by atoms with Crippen LogP contribution in [0.25, 0.3) is 5.76 Å². The van der Waals surface area contributed by atoms with Crippen molar-refractivity contribution in [1.29, 1.82) is 0 Å². The highest BCUT2D eigenvalue weighted by atomic mass is 35.5. The number of rotatable bonds is 6. The number of carbonyl (C=O) groups excluding carboxylic acids is 2. The molecule has 1 aliphatic heterocycles. The monoisotopic (exact) mass is 505 g/mol. The second-order valence-electron chi connectivity index (χ2n) is 9.10. The fourth-order valence-corrected chi connectivity index (χ4v) is 4.70. The molecule has 4 rings (SSSR count). The molecule has 0 bridgehead atoms. The van der Waals surface area contributed by atoms with Crippen molar-refractivity contribution in [1.82, 2.24) is 0 Å². The second kappa shape index (κ2) is 10.1. The number of anilines is 1. The summed E-state index contributed by atoms with van der Waals surface area (Å²) in [5, 5.41) is 11.7. The van der Waals surface area contributed by atoms with Gasteiger partial charge in [-0.3, -0.25) is 14.5 Å². The number of carbonyl (C=O) groups is 2. The van der Waals surface area contributed by atoms with Crippen LogP contribution in [-0.2, 0) is 9.59 Å². The van der Waals surface area contributed by atoms with Crippen molar-refractivity contribution < 1.29 is 24.2 Å². The number of ether oxygens (including phenoxy) is 2. The maximum Gasteiger partial charge on any atom is 0.300 e. The molecule has 186 valence electrons. The summed E-state index contributed by atoms with van der Waals surface area (Å²) in [5.41, 5.74) is 3.21. The summed E-state index contributed by atoms with van der Waals surface area (Å²) < 4.78 is 11.2.